The van der Waals surface area contributed by atoms with Crippen LogP contribution in [0.5, 0.6) is 0 Å². The van der Waals surface area contributed by atoms with Crippen molar-refractivity contribution in [2.24, 2.45) is 0 Å². The second-order valence-electron chi connectivity index (χ2n) is 3.75. The molecule has 0 saturated carbocycles. The van der Waals surface area contributed by atoms with Gasteiger partial charge < -0.3 is 0 Å². The molecule has 0 unspecified atom stereocenters. The van der Waals surface area contributed by atoms with Crippen molar-refractivity contribution in [3.8, 4) is 0 Å². The van der Waals surface area contributed by atoms with Crippen molar-refractivity contribution in [1.29, 1.82) is 0 Å². The SMILES string of the molecule is C1=C\CC/C=C\CC/1.Cc1ccccc1.[Ru]. The molecule has 16 heavy (non-hydrogen) atoms. The molecule has 0 aromatic heterocycles. The fourth-order valence-corrected chi connectivity index (χ4v) is 1.39. The largest absolute Gasteiger partial charge is 0.0882 e. The fourth-order valence-electron chi connectivity index (χ4n) is 1.39. The van der Waals surface area contributed by atoms with Crippen LogP contribution in [-0.2, 0) is 19.5 Å². The molecule has 0 saturated heterocycles. The monoisotopic (exact) mass is 302 g/mol. The van der Waals surface area contributed by atoms with Crippen LogP contribution in [0.1, 0.15) is 31.2 Å². The molecule has 1 aromatic carbocycles. The van der Waals surface area contributed by atoms with E-state index in [2.05, 4.69) is 43.4 Å². The van der Waals surface area contributed by atoms with Crippen LogP contribution in [0.25, 0.3) is 0 Å². The Morgan fingerprint density at radius 3 is 1.31 bits per heavy atom. The molecule has 1 aromatic rings. The minimum Gasteiger partial charge on any atom is -0.0882 e. The van der Waals surface area contributed by atoms with Gasteiger partial charge in [0.2, 0.25) is 0 Å². The topological polar surface area (TPSA) is 0 Å². The molecule has 0 atom stereocenters. The van der Waals surface area contributed by atoms with Crippen molar-refractivity contribution >= 4 is 0 Å². The van der Waals surface area contributed by atoms with Crippen LogP contribution in [-0.4, -0.2) is 0 Å². The molecule has 0 spiro atoms. The van der Waals surface area contributed by atoms with E-state index in [9.17, 15) is 0 Å². The zero-order valence-corrected chi connectivity index (χ0v) is 11.6. The summed E-state index contributed by atoms with van der Waals surface area (Å²) in [5.41, 5.74) is 1.32. The second kappa shape index (κ2) is 10.8. The molecule has 0 fully saturated rings. The summed E-state index contributed by atoms with van der Waals surface area (Å²) in [4.78, 5) is 0. The van der Waals surface area contributed by atoms with Crippen LogP contribution in [0.3, 0.4) is 0 Å². The normalized spacial score (nSPS) is 17.8. The van der Waals surface area contributed by atoms with Crippen molar-refractivity contribution in [3.63, 3.8) is 0 Å². The van der Waals surface area contributed by atoms with Gasteiger partial charge in [-0.25, -0.2) is 0 Å². The Balaban J connectivity index is 0.000000267. The Morgan fingerprint density at radius 2 is 1.06 bits per heavy atom. The summed E-state index contributed by atoms with van der Waals surface area (Å²) in [6.07, 6.45) is 14.0. The summed E-state index contributed by atoms with van der Waals surface area (Å²) in [6.45, 7) is 2.08. The molecule has 0 amide bonds. The fraction of sp³-hybridized carbons (Fsp3) is 0.333. The summed E-state index contributed by atoms with van der Waals surface area (Å²) in [6, 6.07) is 10.3. The van der Waals surface area contributed by atoms with Crippen LogP contribution in [0.2, 0.25) is 0 Å². The number of benzene rings is 1. The first-order valence-electron chi connectivity index (χ1n) is 5.71. The number of hydrogen-bond donors (Lipinski definition) is 0. The third-order valence-corrected chi connectivity index (χ3v) is 2.27. The summed E-state index contributed by atoms with van der Waals surface area (Å²) >= 11 is 0. The van der Waals surface area contributed by atoms with E-state index in [0.717, 1.165) is 0 Å². The van der Waals surface area contributed by atoms with Gasteiger partial charge in [-0.15, -0.1) is 0 Å². The zero-order chi connectivity index (χ0) is 10.8. The molecule has 0 aliphatic heterocycles. The predicted molar refractivity (Wildman–Crippen MR) is 67.9 cm³/mol. The van der Waals surface area contributed by atoms with Crippen LogP contribution < -0.4 is 0 Å². The molecule has 0 radical (unpaired) electrons. The van der Waals surface area contributed by atoms with E-state index in [0.29, 0.717) is 0 Å². The summed E-state index contributed by atoms with van der Waals surface area (Å²) in [5.74, 6) is 0. The molecule has 0 heterocycles. The molecule has 1 heteroatoms. The first kappa shape index (κ1) is 15.3. The number of rotatable bonds is 0. The maximum Gasteiger partial charge on any atom is 0 e. The van der Waals surface area contributed by atoms with E-state index in [1.54, 1.807) is 0 Å². The van der Waals surface area contributed by atoms with Crippen LogP contribution >= 0.6 is 0 Å². The van der Waals surface area contributed by atoms with Crippen molar-refractivity contribution in [2.75, 3.05) is 0 Å². The summed E-state index contributed by atoms with van der Waals surface area (Å²) in [5, 5.41) is 0. The quantitative estimate of drug-likeness (QED) is 0.483. The van der Waals surface area contributed by atoms with Gasteiger partial charge in [-0.05, 0) is 32.6 Å². The molecule has 0 bridgehead atoms. The van der Waals surface area contributed by atoms with E-state index >= 15 is 0 Å². The molecular formula is C15H20Ru. The van der Waals surface area contributed by atoms with Crippen LogP contribution in [0, 0.1) is 6.92 Å². The van der Waals surface area contributed by atoms with Gasteiger partial charge in [0.05, 0.1) is 0 Å². The third-order valence-electron chi connectivity index (χ3n) is 2.27. The first-order chi connectivity index (χ1) is 7.39. The van der Waals surface area contributed by atoms with Gasteiger partial charge >= 0.3 is 0 Å². The average Bonchev–Trinajstić information content (AvgIpc) is 2.18. The molecule has 1 aliphatic carbocycles. The van der Waals surface area contributed by atoms with Crippen LogP contribution in [0.15, 0.2) is 54.6 Å². The van der Waals surface area contributed by atoms with E-state index in [-0.39, 0.29) is 19.5 Å². The summed E-state index contributed by atoms with van der Waals surface area (Å²) < 4.78 is 0. The smallest absolute Gasteiger partial charge is 0 e. The van der Waals surface area contributed by atoms with Gasteiger partial charge in [0.25, 0.3) is 0 Å². The third kappa shape index (κ3) is 8.62. The Kier molecular flexibility index (Phi) is 10.4. The molecule has 2 rings (SSSR count). The zero-order valence-electron chi connectivity index (χ0n) is 9.88. The Bertz CT molecular complexity index is 272. The van der Waals surface area contributed by atoms with E-state index in [1.807, 2.05) is 18.2 Å². The van der Waals surface area contributed by atoms with Gasteiger partial charge in [-0.2, -0.15) is 0 Å². The van der Waals surface area contributed by atoms with Crippen molar-refractivity contribution < 1.29 is 19.5 Å². The van der Waals surface area contributed by atoms with Crippen molar-refractivity contribution in [3.05, 3.63) is 60.2 Å². The van der Waals surface area contributed by atoms with E-state index in [4.69, 9.17) is 0 Å². The number of allylic oxidation sites excluding steroid dienone is 4. The Hall–Kier alpha value is -0.677. The van der Waals surface area contributed by atoms with Gasteiger partial charge in [0, 0.05) is 19.5 Å². The molecule has 0 N–H and O–H groups in total. The second-order valence-corrected chi connectivity index (χ2v) is 3.75. The van der Waals surface area contributed by atoms with Gasteiger partial charge in [-0.1, -0.05) is 60.2 Å². The first-order valence-corrected chi connectivity index (χ1v) is 5.71. The minimum absolute atomic E-state index is 0. The van der Waals surface area contributed by atoms with E-state index in [1.165, 1.54) is 31.2 Å². The van der Waals surface area contributed by atoms with Crippen molar-refractivity contribution in [1.82, 2.24) is 0 Å². The molecule has 1 aliphatic rings. The maximum atomic E-state index is 2.27. The summed E-state index contributed by atoms with van der Waals surface area (Å²) in [7, 11) is 0. The van der Waals surface area contributed by atoms with Gasteiger partial charge in [0.15, 0.2) is 0 Å². The number of aryl methyl sites for hydroxylation is 1. The van der Waals surface area contributed by atoms with Crippen LogP contribution in [0.4, 0.5) is 0 Å². The van der Waals surface area contributed by atoms with Gasteiger partial charge in [-0.3, -0.25) is 0 Å². The standard InChI is InChI=1S/C8H12.C7H8.Ru/c1-2-4-6-8-7-5-3-1;1-7-5-3-2-4-6-7;/h1-2,7-8H,3-6H2;2-6H,1H3;/b2-1-,8-7-;;. The molecular weight excluding hydrogens is 281 g/mol. The average molecular weight is 301 g/mol. The predicted octanol–water partition coefficient (Wildman–Crippen LogP) is 4.67. The molecule has 0 nitrogen and oxygen atoms in total. The van der Waals surface area contributed by atoms with Gasteiger partial charge in [0.1, 0.15) is 0 Å². The van der Waals surface area contributed by atoms with Crippen molar-refractivity contribution in [2.45, 2.75) is 32.6 Å². The minimum atomic E-state index is 0. The Morgan fingerprint density at radius 1 is 0.688 bits per heavy atom. The maximum absolute atomic E-state index is 2.27. The number of hydrogen-bond acceptors (Lipinski definition) is 0. The Labute approximate surface area is 112 Å². The molecule has 88 valence electrons. The van der Waals surface area contributed by atoms with E-state index < -0.39 is 0 Å².